The smallest absolute Gasteiger partial charge is 0.328 e. The first-order valence-corrected chi connectivity index (χ1v) is 9.74. The van der Waals surface area contributed by atoms with Crippen molar-refractivity contribution in [2.45, 2.75) is 104 Å². The Bertz CT molecular complexity index is 329. The van der Waals surface area contributed by atoms with Crippen LogP contribution in [0.1, 0.15) is 104 Å². The topological polar surface area (TPSA) is 37.3 Å². The first-order valence-electron chi connectivity index (χ1n) is 9.74. The largest absolute Gasteiger partial charge is 0.478 e. The minimum Gasteiger partial charge on any atom is -0.478 e. The van der Waals surface area contributed by atoms with E-state index in [9.17, 15) is 4.79 Å². The molecule has 0 unspecified atom stereocenters. The number of hydrogen-bond acceptors (Lipinski definition) is 1. The van der Waals surface area contributed by atoms with Crippen LogP contribution in [-0.2, 0) is 4.79 Å². The maximum atomic E-state index is 10.5. The van der Waals surface area contributed by atoms with Crippen molar-refractivity contribution in [3.63, 3.8) is 0 Å². The first kappa shape index (κ1) is 21.9. The van der Waals surface area contributed by atoms with Crippen molar-refractivity contribution in [3.8, 4) is 0 Å². The van der Waals surface area contributed by atoms with E-state index in [-0.39, 0.29) is 0 Å². The van der Waals surface area contributed by atoms with Crippen molar-refractivity contribution < 1.29 is 9.90 Å². The van der Waals surface area contributed by atoms with Gasteiger partial charge in [-0.3, -0.25) is 0 Å². The average molecular weight is 323 g/mol. The number of allylic oxidation sites excluding steroid dienone is 3. The summed E-state index contributed by atoms with van der Waals surface area (Å²) in [6.07, 6.45) is 24.2. The fraction of sp³-hybridized carbons (Fsp3) is 0.762. The van der Waals surface area contributed by atoms with Crippen LogP contribution in [0.2, 0.25) is 0 Å². The minimum absolute atomic E-state index is 0.812. The van der Waals surface area contributed by atoms with Gasteiger partial charge < -0.3 is 5.11 Å². The number of carboxylic acid groups (broad SMARTS) is 1. The lowest BCUT2D eigenvalue weighted by Gasteiger charge is -2.02. The molecule has 0 bridgehead atoms. The second-order valence-corrected chi connectivity index (χ2v) is 6.66. The molecular formula is C21H38O2. The molecule has 1 N–H and O–H groups in total. The summed E-state index contributed by atoms with van der Waals surface area (Å²) in [5.41, 5.74) is 0.812. The molecule has 0 rings (SSSR count). The Kier molecular flexibility index (Phi) is 16.5. The lowest BCUT2D eigenvalue weighted by atomic mass is 10.0. The van der Waals surface area contributed by atoms with E-state index in [2.05, 4.69) is 13.0 Å². The van der Waals surface area contributed by atoms with Crippen molar-refractivity contribution in [2.24, 2.45) is 0 Å². The molecule has 0 aliphatic heterocycles. The number of carbonyl (C=O) groups is 1. The molecule has 0 aromatic carbocycles. The summed E-state index contributed by atoms with van der Waals surface area (Å²) < 4.78 is 0. The number of hydrogen-bond donors (Lipinski definition) is 1. The Hall–Kier alpha value is -1.05. The summed E-state index contributed by atoms with van der Waals surface area (Å²) in [5, 5.41) is 8.60. The van der Waals surface area contributed by atoms with Crippen LogP contribution >= 0.6 is 0 Å². The van der Waals surface area contributed by atoms with E-state index < -0.39 is 5.97 Å². The Morgan fingerprint density at radius 2 is 1.22 bits per heavy atom. The molecule has 0 heterocycles. The maximum Gasteiger partial charge on any atom is 0.328 e. The second-order valence-electron chi connectivity index (χ2n) is 6.66. The zero-order valence-electron chi connectivity index (χ0n) is 15.5. The van der Waals surface area contributed by atoms with Crippen LogP contribution in [0.5, 0.6) is 0 Å². The Morgan fingerprint density at radius 3 is 1.65 bits per heavy atom. The van der Waals surface area contributed by atoms with E-state index >= 15 is 0 Å². The molecule has 0 fully saturated rings. The number of carboxylic acids is 1. The van der Waals surface area contributed by atoms with Gasteiger partial charge in [0, 0.05) is 6.08 Å². The molecule has 0 saturated heterocycles. The van der Waals surface area contributed by atoms with Crippen LogP contribution in [0.15, 0.2) is 23.8 Å². The van der Waals surface area contributed by atoms with E-state index in [1.807, 2.05) is 13.0 Å². The van der Waals surface area contributed by atoms with Gasteiger partial charge in [-0.25, -0.2) is 4.79 Å². The van der Waals surface area contributed by atoms with Gasteiger partial charge in [0.15, 0.2) is 0 Å². The summed E-state index contributed by atoms with van der Waals surface area (Å²) in [5.74, 6) is -0.867. The molecular weight excluding hydrogens is 284 g/mol. The van der Waals surface area contributed by atoms with Crippen LogP contribution < -0.4 is 0 Å². The lowest BCUT2D eigenvalue weighted by molar-refractivity contribution is -0.131. The first-order chi connectivity index (χ1) is 11.2. The van der Waals surface area contributed by atoms with Gasteiger partial charge in [-0.05, 0) is 25.3 Å². The molecule has 2 heteroatoms. The highest BCUT2D eigenvalue weighted by atomic mass is 16.4. The van der Waals surface area contributed by atoms with Crippen molar-refractivity contribution in [3.05, 3.63) is 23.8 Å². The quantitative estimate of drug-likeness (QED) is 0.188. The lowest BCUT2D eigenvalue weighted by Crippen LogP contribution is -1.87. The highest BCUT2D eigenvalue weighted by Gasteiger charge is 1.93. The van der Waals surface area contributed by atoms with Crippen molar-refractivity contribution >= 4 is 5.97 Å². The standard InChI is InChI=1S/C21H38O2/c1-3-4-5-6-7-8-9-10-11-12-13-14-15-16-17-18-20(2)19-21(22)23/h17-19H,3-16H2,1-2H3,(H,22,23). The fourth-order valence-electron chi connectivity index (χ4n) is 2.79. The normalized spacial score (nSPS) is 12.2. The van der Waals surface area contributed by atoms with Gasteiger partial charge in [0.1, 0.15) is 0 Å². The molecule has 0 aliphatic carbocycles. The fourth-order valence-corrected chi connectivity index (χ4v) is 2.79. The zero-order valence-corrected chi connectivity index (χ0v) is 15.5. The van der Waals surface area contributed by atoms with Gasteiger partial charge in [-0.2, -0.15) is 0 Å². The van der Waals surface area contributed by atoms with Crippen LogP contribution in [0.4, 0.5) is 0 Å². The summed E-state index contributed by atoms with van der Waals surface area (Å²) in [6, 6.07) is 0. The number of aliphatic carboxylic acids is 1. The molecule has 0 saturated carbocycles. The Morgan fingerprint density at radius 1 is 0.783 bits per heavy atom. The molecule has 0 aromatic heterocycles. The molecule has 23 heavy (non-hydrogen) atoms. The SMILES string of the molecule is CCCCCCCCCCCCCCCC=CC(C)=CC(=O)O. The van der Waals surface area contributed by atoms with E-state index in [1.165, 1.54) is 89.5 Å². The monoisotopic (exact) mass is 322 g/mol. The van der Waals surface area contributed by atoms with Gasteiger partial charge >= 0.3 is 5.97 Å². The molecule has 2 nitrogen and oxygen atoms in total. The van der Waals surface area contributed by atoms with Gasteiger partial charge in [0.05, 0.1) is 0 Å². The molecule has 134 valence electrons. The number of unbranched alkanes of at least 4 members (excludes halogenated alkanes) is 13. The summed E-state index contributed by atoms with van der Waals surface area (Å²) >= 11 is 0. The van der Waals surface area contributed by atoms with E-state index in [1.54, 1.807) is 0 Å². The third-order valence-electron chi connectivity index (χ3n) is 4.21. The van der Waals surface area contributed by atoms with Gasteiger partial charge in [-0.1, -0.05) is 96.1 Å². The van der Waals surface area contributed by atoms with Crippen molar-refractivity contribution in [2.75, 3.05) is 0 Å². The predicted octanol–water partition coefficient (Wildman–Crippen LogP) is 7.05. The zero-order chi connectivity index (χ0) is 17.2. The summed E-state index contributed by atoms with van der Waals surface area (Å²) in [6.45, 7) is 4.10. The van der Waals surface area contributed by atoms with Crippen LogP contribution in [0.3, 0.4) is 0 Å². The molecule has 0 aliphatic rings. The van der Waals surface area contributed by atoms with Gasteiger partial charge in [0.2, 0.25) is 0 Å². The maximum absolute atomic E-state index is 10.5. The molecule has 0 spiro atoms. The predicted molar refractivity (Wildman–Crippen MR) is 101 cm³/mol. The summed E-state index contributed by atoms with van der Waals surface area (Å²) in [7, 11) is 0. The number of rotatable bonds is 16. The highest BCUT2D eigenvalue weighted by Crippen LogP contribution is 2.13. The van der Waals surface area contributed by atoms with Crippen LogP contribution in [0, 0.1) is 0 Å². The van der Waals surface area contributed by atoms with Crippen LogP contribution in [0.25, 0.3) is 0 Å². The second kappa shape index (κ2) is 17.3. The molecule has 0 amide bonds. The van der Waals surface area contributed by atoms with E-state index in [0.717, 1.165) is 12.0 Å². The van der Waals surface area contributed by atoms with Gasteiger partial charge in [-0.15, -0.1) is 0 Å². The average Bonchev–Trinajstić information content (AvgIpc) is 2.50. The summed E-state index contributed by atoms with van der Waals surface area (Å²) in [4.78, 5) is 10.5. The van der Waals surface area contributed by atoms with Crippen molar-refractivity contribution in [1.82, 2.24) is 0 Å². The Balaban J connectivity index is 3.22. The van der Waals surface area contributed by atoms with E-state index in [4.69, 9.17) is 5.11 Å². The van der Waals surface area contributed by atoms with E-state index in [0.29, 0.717) is 0 Å². The molecule has 0 radical (unpaired) electrons. The molecule has 0 atom stereocenters. The molecule has 0 aromatic rings. The third kappa shape index (κ3) is 18.9. The minimum atomic E-state index is -0.867. The third-order valence-corrected chi connectivity index (χ3v) is 4.21. The highest BCUT2D eigenvalue weighted by molar-refractivity contribution is 5.81. The van der Waals surface area contributed by atoms with Crippen molar-refractivity contribution in [1.29, 1.82) is 0 Å². The Labute approximate surface area is 144 Å². The van der Waals surface area contributed by atoms with Gasteiger partial charge in [0.25, 0.3) is 0 Å². The van der Waals surface area contributed by atoms with Crippen LogP contribution in [-0.4, -0.2) is 11.1 Å².